The summed E-state index contributed by atoms with van der Waals surface area (Å²) in [5, 5.41) is 20.8. The Morgan fingerprint density at radius 1 is 0.223 bits per heavy atom. The predicted octanol–water partition coefficient (Wildman–Crippen LogP) is 27.7. The van der Waals surface area contributed by atoms with Crippen molar-refractivity contribution in [3.8, 4) is 62.4 Å². The van der Waals surface area contributed by atoms with Gasteiger partial charge in [-0.05, 0) is 165 Å². The monoisotopic (exact) mass is 1450 g/mol. The number of aromatic nitrogens is 7. The highest BCUT2D eigenvalue weighted by Crippen LogP contribution is 2.47. The molecule has 0 unspecified atom stereocenters. The minimum absolute atomic E-state index is 0.628. The SMILES string of the molecule is c1ccc(-c2ccc3c(c2)sc2c3ccc3c4ccccc4n(-c4nc(-c5ccc6c(c5)oc5cc7ccccc7cc56)c5ccccc5n4)c32)cc1.c1ccc(-n2c3ccccc3c3cc(-c4ccc5c(c4)c4ccccc4n5-c4nc(-c5ccc6c(c5)oc5cc7ccccc7cc56)c5ccccc5n4)ccc32)cc1. The number of fused-ring (bicyclic) bond motifs is 23. The van der Waals surface area contributed by atoms with Gasteiger partial charge < -0.3 is 13.4 Å². The van der Waals surface area contributed by atoms with Gasteiger partial charge >= 0.3 is 0 Å². The Kier molecular flexibility index (Phi) is 13.5. The van der Waals surface area contributed by atoms with Crippen molar-refractivity contribution in [1.82, 2.24) is 33.6 Å². The molecule has 25 rings (SSSR count). The molecule has 112 heavy (non-hydrogen) atoms. The summed E-state index contributed by atoms with van der Waals surface area (Å²) in [6.07, 6.45) is 0. The zero-order valence-electron chi connectivity index (χ0n) is 59.9. The van der Waals surface area contributed by atoms with Crippen LogP contribution in [0.2, 0.25) is 0 Å². The number of rotatable bonds is 7. The van der Waals surface area contributed by atoms with Gasteiger partial charge in [0.2, 0.25) is 11.9 Å². The molecule has 0 fully saturated rings. The van der Waals surface area contributed by atoms with E-state index in [1.54, 1.807) is 0 Å². The summed E-state index contributed by atoms with van der Waals surface area (Å²) in [5.74, 6) is 1.28. The number of nitrogens with zero attached hydrogens (tertiary/aromatic N) is 7. The summed E-state index contributed by atoms with van der Waals surface area (Å²) in [4.78, 5) is 21.4. The van der Waals surface area contributed by atoms with Crippen LogP contribution in [0.5, 0.6) is 0 Å². The number of hydrogen-bond donors (Lipinski definition) is 0. The molecule has 520 valence electrons. The Morgan fingerprint density at radius 3 is 1.19 bits per heavy atom. The van der Waals surface area contributed by atoms with Crippen LogP contribution in [0.4, 0.5) is 0 Å². The van der Waals surface area contributed by atoms with Gasteiger partial charge in [0.25, 0.3) is 0 Å². The molecule has 0 amide bonds. The third-order valence-electron chi connectivity index (χ3n) is 22.9. The lowest BCUT2D eigenvalue weighted by Gasteiger charge is -2.12. The Labute approximate surface area is 642 Å². The summed E-state index contributed by atoms with van der Waals surface area (Å²) < 4.78 is 22.4. The highest BCUT2D eigenvalue weighted by Gasteiger charge is 2.25. The Hall–Kier alpha value is -14.8. The van der Waals surface area contributed by atoms with E-state index in [4.69, 9.17) is 28.8 Å². The molecule has 0 aliphatic heterocycles. The van der Waals surface area contributed by atoms with Crippen molar-refractivity contribution in [3.05, 3.63) is 358 Å². The van der Waals surface area contributed by atoms with E-state index in [0.29, 0.717) is 11.9 Å². The average Bonchev–Trinajstić information content (AvgIpc) is 1.55. The van der Waals surface area contributed by atoms with Gasteiger partial charge in [0.1, 0.15) is 22.3 Å². The van der Waals surface area contributed by atoms with Crippen LogP contribution in [0.3, 0.4) is 0 Å². The van der Waals surface area contributed by atoms with E-state index in [1.165, 1.54) is 85.6 Å². The highest BCUT2D eigenvalue weighted by molar-refractivity contribution is 7.26. The molecule has 0 saturated carbocycles. The van der Waals surface area contributed by atoms with Crippen LogP contribution in [-0.4, -0.2) is 33.6 Å². The molecule has 0 radical (unpaired) electrons. The molecule has 25 aromatic rings. The van der Waals surface area contributed by atoms with Gasteiger partial charge in [-0.2, -0.15) is 0 Å². The van der Waals surface area contributed by atoms with E-state index >= 15 is 0 Å². The van der Waals surface area contributed by atoms with Crippen molar-refractivity contribution in [3.63, 3.8) is 0 Å². The zero-order chi connectivity index (χ0) is 73.2. The molecule has 0 saturated heterocycles. The van der Waals surface area contributed by atoms with Gasteiger partial charge in [0.05, 0.1) is 60.2 Å². The lowest BCUT2D eigenvalue weighted by Crippen LogP contribution is -2.03. The number of benzene rings is 17. The Balaban J connectivity index is 0.000000131. The van der Waals surface area contributed by atoms with Crippen molar-refractivity contribution in [2.24, 2.45) is 0 Å². The first kappa shape index (κ1) is 62.2. The molecule has 8 aromatic heterocycles. The zero-order valence-corrected chi connectivity index (χ0v) is 60.7. The molecule has 0 atom stereocenters. The normalized spacial score (nSPS) is 12.1. The van der Waals surface area contributed by atoms with Gasteiger partial charge in [0.15, 0.2) is 0 Å². The Bertz CT molecular complexity index is 8290. The number of thiophene rings is 1. The van der Waals surface area contributed by atoms with E-state index in [-0.39, 0.29) is 0 Å². The van der Waals surface area contributed by atoms with Crippen molar-refractivity contribution >= 4 is 184 Å². The van der Waals surface area contributed by atoms with Gasteiger partial charge in [-0.15, -0.1) is 11.3 Å². The molecule has 0 bridgehead atoms. The second kappa shape index (κ2) is 24.3. The topological polar surface area (TPSA) is 92.6 Å². The Morgan fingerprint density at radius 2 is 0.616 bits per heavy atom. The molecule has 8 heterocycles. The molecule has 17 aromatic carbocycles. The van der Waals surface area contributed by atoms with E-state index < -0.39 is 0 Å². The van der Waals surface area contributed by atoms with E-state index in [0.717, 1.165) is 138 Å². The van der Waals surface area contributed by atoms with Crippen molar-refractivity contribution < 1.29 is 8.83 Å². The number of furan rings is 2. The van der Waals surface area contributed by atoms with Crippen LogP contribution in [-0.2, 0) is 0 Å². The quantitative estimate of drug-likeness (QED) is 0.158. The fourth-order valence-electron chi connectivity index (χ4n) is 17.7. The maximum absolute atomic E-state index is 6.52. The van der Waals surface area contributed by atoms with Crippen LogP contribution >= 0.6 is 11.3 Å². The maximum atomic E-state index is 6.52. The summed E-state index contributed by atoms with van der Waals surface area (Å²) in [6.45, 7) is 0. The van der Waals surface area contributed by atoms with Crippen molar-refractivity contribution in [2.45, 2.75) is 0 Å². The summed E-state index contributed by atoms with van der Waals surface area (Å²) in [5.41, 5.74) is 21.6. The van der Waals surface area contributed by atoms with Crippen molar-refractivity contribution in [1.29, 1.82) is 0 Å². The molecular formula is C102H59N7O2S. The van der Waals surface area contributed by atoms with Crippen LogP contribution in [0, 0.1) is 0 Å². The predicted molar refractivity (Wildman–Crippen MR) is 466 cm³/mol. The maximum Gasteiger partial charge on any atom is 0.235 e. The lowest BCUT2D eigenvalue weighted by molar-refractivity contribution is 0.669. The largest absolute Gasteiger partial charge is 0.456 e. The minimum Gasteiger partial charge on any atom is -0.456 e. The average molecular weight is 1450 g/mol. The van der Waals surface area contributed by atoms with Gasteiger partial charge in [-0.1, -0.05) is 237 Å². The molecule has 0 N–H and O–H groups in total. The molecule has 0 aliphatic rings. The summed E-state index contributed by atoms with van der Waals surface area (Å²) in [6, 6.07) is 127. The fraction of sp³-hybridized carbons (Fsp3) is 0. The lowest BCUT2D eigenvalue weighted by atomic mass is 10.0. The van der Waals surface area contributed by atoms with Crippen LogP contribution in [0.1, 0.15) is 0 Å². The number of hydrogen-bond acceptors (Lipinski definition) is 7. The second-order valence-electron chi connectivity index (χ2n) is 29.2. The smallest absolute Gasteiger partial charge is 0.235 e. The summed E-state index contributed by atoms with van der Waals surface area (Å²) >= 11 is 1.84. The standard InChI is InChI=1S/C54H32N4O.C48H27N3OS/c1-2-14-38(15-3-1)57-47-20-10-7-16-39(47)43-28-35(23-26-49(43)57)36-24-27-50-44(29-36)40-17-8-11-21-48(40)58(50)54-55-46-19-9-6-18-42(46)53(56-54)37-22-25-41-45-30-33-12-4-5-13-34(33)31-52(45)59-51(41)32-37;1-2-10-28(11-3-1)31-18-21-35-37-23-22-36-33-14-7-9-17-41(33)51(46(36)47(37)53-44(35)27-31)48-49-40-16-8-6-15-38(40)45(50-48)32-19-20-34-39-24-29-12-4-5-13-30(29)25-43(39)52-42(34)26-32/h1-32H;1-27H. The third kappa shape index (κ3) is 9.62. The van der Waals surface area contributed by atoms with Gasteiger partial charge in [0, 0.05) is 96.9 Å². The summed E-state index contributed by atoms with van der Waals surface area (Å²) in [7, 11) is 0. The molecule has 10 heteroatoms. The first-order valence-electron chi connectivity index (χ1n) is 37.8. The van der Waals surface area contributed by atoms with Crippen LogP contribution < -0.4 is 0 Å². The van der Waals surface area contributed by atoms with E-state index in [9.17, 15) is 0 Å². The fourth-order valence-corrected chi connectivity index (χ4v) is 18.9. The van der Waals surface area contributed by atoms with E-state index in [2.05, 4.69) is 366 Å². The first-order chi connectivity index (χ1) is 55.5. The highest BCUT2D eigenvalue weighted by atomic mass is 32.1. The van der Waals surface area contributed by atoms with Crippen LogP contribution in [0.15, 0.2) is 367 Å². The third-order valence-corrected chi connectivity index (χ3v) is 24.1. The van der Waals surface area contributed by atoms with Crippen molar-refractivity contribution in [2.75, 3.05) is 0 Å². The molecule has 0 spiro atoms. The number of para-hydroxylation sites is 6. The van der Waals surface area contributed by atoms with E-state index in [1.807, 2.05) is 17.4 Å². The van der Waals surface area contributed by atoms with Gasteiger partial charge in [-0.3, -0.25) is 9.13 Å². The van der Waals surface area contributed by atoms with Gasteiger partial charge in [-0.25, -0.2) is 19.9 Å². The molecule has 0 aliphatic carbocycles. The molecule has 9 nitrogen and oxygen atoms in total. The molecular weight excluding hydrogens is 1390 g/mol. The second-order valence-corrected chi connectivity index (χ2v) is 30.2. The van der Waals surface area contributed by atoms with Crippen LogP contribution in [0.25, 0.3) is 235 Å². The first-order valence-corrected chi connectivity index (χ1v) is 38.6. The minimum atomic E-state index is 0.628.